The molecule has 1 aliphatic rings. The molecule has 144 valence electrons. The van der Waals surface area contributed by atoms with Crippen molar-refractivity contribution in [2.45, 2.75) is 24.3 Å². The summed E-state index contributed by atoms with van der Waals surface area (Å²) in [5.41, 5.74) is 1.54. The molecule has 6 nitrogen and oxygen atoms in total. The molecule has 2 aromatic carbocycles. The van der Waals surface area contributed by atoms with Crippen molar-refractivity contribution in [1.82, 2.24) is 9.62 Å². The van der Waals surface area contributed by atoms with E-state index in [-0.39, 0.29) is 17.0 Å². The third-order valence-corrected chi connectivity index (χ3v) is 6.47. The van der Waals surface area contributed by atoms with Crippen LogP contribution in [0.1, 0.15) is 24.0 Å². The van der Waals surface area contributed by atoms with Crippen molar-refractivity contribution in [2.24, 2.45) is 0 Å². The first kappa shape index (κ1) is 19.8. The second kappa shape index (κ2) is 8.83. The molecule has 3 rings (SSSR count). The van der Waals surface area contributed by atoms with Crippen molar-refractivity contribution in [2.75, 3.05) is 13.1 Å². The van der Waals surface area contributed by atoms with Crippen molar-refractivity contribution >= 4 is 22.0 Å². The van der Waals surface area contributed by atoms with Crippen LogP contribution < -0.4 is 5.32 Å². The highest BCUT2D eigenvalue weighted by Crippen LogP contribution is 2.21. The van der Waals surface area contributed by atoms with Gasteiger partial charge in [0.25, 0.3) is 5.91 Å². The fourth-order valence-electron chi connectivity index (χ4n) is 3.00. The minimum Gasteiger partial charge on any atom is -0.347 e. The maximum absolute atomic E-state index is 12.5. The first-order valence-electron chi connectivity index (χ1n) is 9.05. The van der Waals surface area contributed by atoms with Crippen LogP contribution >= 0.6 is 0 Å². The molecule has 0 atom stereocenters. The smallest absolute Gasteiger partial charge is 0.262 e. The molecule has 1 amide bonds. The van der Waals surface area contributed by atoms with Crippen molar-refractivity contribution in [1.29, 1.82) is 5.26 Å². The van der Waals surface area contributed by atoms with E-state index in [0.717, 1.165) is 24.0 Å². The number of benzene rings is 2. The quantitative estimate of drug-likeness (QED) is 0.601. The summed E-state index contributed by atoms with van der Waals surface area (Å²) in [6.07, 6.45) is 3.31. The van der Waals surface area contributed by atoms with Gasteiger partial charge in [-0.15, -0.1) is 0 Å². The molecule has 0 spiro atoms. The average molecular weight is 395 g/mol. The molecule has 28 heavy (non-hydrogen) atoms. The SMILES string of the molecule is N#C/C(=C\c1ccccc1)C(=O)NCc1ccc(S(=O)(=O)N2CCCC2)cc1. The van der Waals surface area contributed by atoms with Crippen LogP contribution in [0, 0.1) is 11.3 Å². The third kappa shape index (κ3) is 4.66. The predicted molar refractivity (Wildman–Crippen MR) is 106 cm³/mol. The van der Waals surface area contributed by atoms with Crippen molar-refractivity contribution in [3.8, 4) is 6.07 Å². The van der Waals surface area contributed by atoms with Gasteiger partial charge in [0.15, 0.2) is 0 Å². The fraction of sp³-hybridized carbons (Fsp3) is 0.238. The van der Waals surface area contributed by atoms with Gasteiger partial charge in [0.1, 0.15) is 11.6 Å². The van der Waals surface area contributed by atoms with Crippen LogP contribution in [0.25, 0.3) is 6.08 Å². The second-order valence-electron chi connectivity index (χ2n) is 6.52. The number of carbonyl (C=O) groups excluding carboxylic acids is 1. The molecule has 2 aromatic rings. The highest BCUT2D eigenvalue weighted by molar-refractivity contribution is 7.89. The number of hydrogen-bond donors (Lipinski definition) is 1. The highest BCUT2D eigenvalue weighted by atomic mass is 32.2. The monoisotopic (exact) mass is 395 g/mol. The maximum atomic E-state index is 12.5. The van der Waals surface area contributed by atoms with Crippen LogP contribution in [-0.4, -0.2) is 31.7 Å². The van der Waals surface area contributed by atoms with Crippen molar-refractivity contribution in [3.63, 3.8) is 0 Å². The lowest BCUT2D eigenvalue weighted by molar-refractivity contribution is -0.117. The number of nitrogens with one attached hydrogen (secondary N) is 1. The minimum atomic E-state index is -3.44. The summed E-state index contributed by atoms with van der Waals surface area (Å²) in [7, 11) is -3.44. The second-order valence-corrected chi connectivity index (χ2v) is 8.46. The molecule has 7 heteroatoms. The number of nitriles is 1. The molecular formula is C21H21N3O3S. The molecule has 0 aromatic heterocycles. The van der Waals surface area contributed by atoms with E-state index in [4.69, 9.17) is 0 Å². The van der Waals surface area contributed by atoms with E-state index in [1.54, 1.807) is 24.3 Å². The number of amides is 1. The molecule has 1 heterocycles. The van der Waals surface area contributed by atoms with Crippen LogP contribution in [0.15, 0.2) is 65.1 Å². The highest BCUT2D eigenvalue weighted by Gasteiger charge is 2.26. The van der Waals surface area contributed by atoms with Gasteiger partial charge >= 0.3 is 0 Å². The van der Waals surface area contributed by atoms with Crippen LogP contribution in [0.2, 0.25) is 0 Å². The van der Waals surface area contributed by atoms with E-state index in [2.05, 4.69) is 5.32 Å². The number of hydrogen-bond acceptors (Lipinski definition) is 4. The zero-order valence-corrected chi connectivity index (χ0v) is 16.2. The maximum Gasteiger partial charge on any atom is 0.262 e. The normalized spacial score (nSPS) is 15.2. The predicted octanol–water partition coefficient (Wildman–Crippen LogP) is 2.69. The van der Waals surface area contributed by atoms with E-state index >= 15 is 0 Å². The molecule has 1 saturated heterocycles. The molecule has 1 aliphatic heterocycles. The van der Waals surface area contributed by atoms with E-state index in [1.165, 1.54) is 10.4 Å². The summed E-state index contributed by atoms with van der Waals surface area (Å²) in [5.74, 6) is -0.472. The summed E-state index contributed by atoms with van der Waals surface area (Å²) in [4.78, 5) is 12.5. The first-order valence-corrected chi connectivity index (χ1v) is 10.5. The average Bonchev–Trinajstić information content (AvgIpc) is 3.27. The van der Waals surface area contributed by atoms with Crippen LogP contribution in [0.4, 0.5) is 0 Å². The summed E-state index contributed by atoms with van der Waals surface area (Å²) in [6.45, 7) is 1.33. The number of rotatable bonds is 6. The van der Waals surface area contributed by atoms with Crippen LogP contribution in [-0.2, 0) is 21.4 Å². The van der Waals surface area contributed by atoms with Gasteiger partial charge in [-0.05, 0) is 42.2 Å². The summed E-state index contributed by atoms with van der Waals surface area (Å²) in [6, 6.07) is 17.5. The third-order valence-electron chi connectivity index (χ3n) is 4.55. The van der Waals surface area contributed by atoms with Crippen molar-refractivity contribution in [3.05, 3.63) is 71.3 Å². The lowest BCUT2D eigenvalue weighted by Gasteiger charge is -2.15. The van der Waals surface area contributed by atoms with Gasteiger partial charge in [-0.25, -0.2) is 8.42 Å². The van der Waals surface area contributed by atoms with Gasteiger partial charge in [-0.1, -0.05) is 42.5 Å². The lowest BCUT2D eigenvalue weighted by atomic mass is 10.1. The molecule has 0 saturated carbocycles. The summed E-state index contributed by atoms with van der Waals surface area (Å²) < 4.78 is 26.5. The molecule has 0 radical (unpaired) electrons. The van der Waals surface area contributed by atoms with Crippen LogP contribution in [0.5, 0.6) is 0 Å². The Morgan fingerprint density at radius 3 is 2.32 bits per heavy atom. The molecule has 0 unspecified atom stereocenters. The fourth-order valence-corrected chi connectivity index (χ4v) is 4.52. The number of sulfonamides is 1. The van der Waals surface area contributed by atoms with Gasteiger partial charge in [-0.3, -0.25) is 4.79 Å². The Labute approximate surface area is 165 Å². The Morgan fingerprint density at radius 2 is 1.71 bits per heavy atom. The molecular weight excluding hydrogens is 374 g/mol. The van der Waals surface area contributed by atoms with Gasteiger partial charge in [0.05, 0.1) is 4.90 Å². The van der Waals surface area contributed by atoms with E-state index in [9.17, 15) is 18.5 Å². The van der Waals surface area contributed by atoms with E-state index < -0.39 is 15.9 Å². The first-order chi connectivity index (χ1) is 13.5. The molecule has 0 bridgehead atoms. The zero-order chi connectivity index (χ0) is 20.0. The Bertz CT molecular complexity index is 1000. The molecule has 1 N–H and O–H groups in total. The van der Waals surface area contributed by atoms with E-state index in [1.807, 2.05) is 36.4 Å². The Kier molecular flexibility index (Phi) is 6.24. The largest absolute Gasteiger partial charge is 0.347 e. The number of carbonyl (C=O) groups is 1. The van der Waals surface area contributed by atoms with Gasteiger partial charge in [0, 0.05) is 19.6 Å². The Morgan fingerprint density at radius 1 is 1.07 bits per heavy atom. The molecule has 0 aliphatic carbocycles. The van der Waals surface area contributed by atoms with Gasteiger partial charge in [-0.2, -0.15) is 9.57 Å². The molecule has 1 fully saturated rings. The Hall–Kier alpha value is -2.95. The summed E-state index contributed by atoms with van der Waals surface area (Å²) >= 11 is 0. The van der Waals surface area contributed by atoms with Gasteiger partial charge in [0.2, 0.25) is 10.0 Å². The minimum absolute atomic E-state index is 0.0134. The van der Waals surface area contributed by atoms with Crippen molar-refractivity contribution < 1.29 is 13.2 Å². The van der Waals surface area contributed by atoms with Gasteiger partial charge < -0.3 is 5.32 Å². The standard InChI is InChI=1S/C21H21N3O3S/c22-15-19(14-17-6-2-1-3-7-17)21(25)23-16-18-8-10-20(11-9-18)28(26,27)24-12-4-5-13-24/h1-3,6-11,14H,4-5,12-13,16H2,(H,23,25)/b19-14+. The lowest BCUT2D eigenvalue weighted by Crippen LogP contribution is -2.28. The summed E-state index contributed by atoms with van der Waals surface area (Å²) in [5, 5.41) is 11.9. The topological polar surface area (TPSA) is 90.3 Å². The van der Waals surface area contributed by atoms with Crippen LogP contribution in [0.3, 0.4) is 0 Å². The Balaban J connectivity index is 1.64. The van der Waals surface area contributed by atoms with E-state index in [0.29, 0.717) is 13.1 Å². The number of nitrogens with zero attached hydrogens (tertiary/aromatic N) is 2. The zero-order valence-electron chi connectivity index (χ0n) is 15.3.